The van der Waals surface area contributed by atoms with Crippen LogP contribution in [0.5, 0.6) is 0 Å². The van der Waals surface area contributed by atoms with E-state index in [9.17, 15) is 0 Å². The summed E-state index contributed by atoms with van der Waals surface area (Å²) in [6.45, 7) is 3.27. The van der Waals surface area contributed by atoms with Gasteiger partial charge in [-0.1, -0.05) is 25.8 Å². The van der Waals surface area contributed by atoms with E-state index in [0.717, 1.165) is 31.1 Å². The summed E-state index contributed by atoms with van der Waals surface area (Å²) >= 11 is 0. The van der Waals surface area contributed by atoms with Gasteiger partial charge in [0.05, 0.1) is 0 Å². The Morgan fingerprint density at radius 1 is 1.42 bits per heavy atom. The highest BCUT2D eigenvalue weighted by molar-refractivity contribution is 5.46. The molecule has 0 saturated heterocycles. The fourth-order valence-electron chi connectivity index (χ4n) is 3.03. The number of anilines is 1. The van der Waals surface area contributed by atoms with E-state index in [2.05, 4.69) is 29.9 Å². The Labute approximate surface area is 117 Å². The van der Waals surface area contributed by atoms with Gasteiger partial charge in [0, 0.05) is 25.8 Å². The lowest BCUT2D eigenvalue weighted by Gasteiger charge is -2.25. The first-order chi connectivity index (χ1) is 9.20. The van der Waals surface area contributed by atoms with Crippen molar-refractivity contribution in [2.75, 3.05) is 18.5 Å². The first-order valence-corrected chi connectivity index (χ1v) is 7.61. The molecule has 19 heavy (non-hydrogen) atoms. The van der Waals surface area contributed by atoms with Crippen molar-refractivity contribution in [3.05, 3.63) is 23.9 Å². The van der Waals surface area contributed by atoms with E-state index in [1.165, 1.54) is 31.2 Å². The van der Waals surface area contributed by atoms with Gasteiger partial charge in [0.25, 0.3) is 0 Å². The largest absolute Gasteiger partial charge is 0.359 e. The summed E-state index contributed by atoms with van der Waals surface area (Å²) in [5, 5.41) is 0. The van der Waals surface area contributed by atoms with E-state index < -0.39 is 0 Å². The lowest BCUT2D eigenvalue weighted by atomic mass is 10.0. The quantitative estimate of drug-likeness (QED) is 0.856. The number of hydrogen-bond donors (Lipinski definition) is 1. The smallest absolute Gasteiger partial charge is 0.131 e. The number of nitrogens with zero attached hydrogens (tertiary/aromatic N) is 2. The van der Waals surface area contributed by atoms with Crippen molar-refractivity contribution >= 4 is 5.82 Å². The van der Waals surface area contributed by atoms with Gasteiger partial charge < -0.3 is 10.6 Å². The fraction of sp³-hybridized carbons (Fsp3) is 0.688. The fourth-order valence-corrected chi connectivity index (χ4v) is 3.03. The molecule has 1 atom stereocenters. The van der Waals surface area contributed by atoms with E-state index in [-0.39, 0.29) is 6.04 Å². The number of hydrogen-bond acceptors (Lipinski definition) is 3. The molecule has 1 aliphatic rings. The highest BCUT2D eigenvalue weighted by Gasteiger charge is 2.19. The van der Waals surface area contributed by atoms with Crippen molar-refractivity contribution in [3.63, 3.8) is 0 Å². The maximum Gasteiger partial charge on any atom is 0.131 e. The molecular formula is C16H27N3. The van der Waals surface area contributed by atoms with Gasteiger partial charge in [-0.25, -0.2) is 4.98 Å². The maximum atomic E-state index is 6.09. The molecular weight excluding hydrogens is 234 g/mol. The maximum absolute atomic E-state index is 6.09. The normalized spacial score (nSPS) is 17.6. The van der Waals surface area contributed by atoms with Crippen LogP contribution in [0.15, 0.2) is 18.3 Å². The van der Waals surface area contributed by atoms with E-state index in [4.69, 9.17) is 5.73 Å². The number of rotatable bonds is 6. The summed E-state index contributed by atoms with van der Waals surface area (Å²) in [4.78, 5) is 6.91. The minimum atomic E-state index is 0.239. The Morgan fingerprint density at radius 3 is 2.84 bits per heavy atom. The predicted octanol–water partition coefficient (Wildman–Crippen LogP) is 2.99. The molecule has 3 nitrogen and oxygen atoms in total. The summed E-state index contributed by atoms with van der Waals surface area (Å²) in [5.74, 6) is 1.97. The van der Waals surface area contributed by atoms with Crippen molar-refractivity contribution in [3.8, 4) is 0 Å². The average Bonchev–Trinajstić information content (AvgIpc) is 2.92. The highest BCUT2D eigenvalue weighted by atomic mass is 15.2. The molecule has 1 aromatic heterocycles. The lowest BCUT2D eigenvalue weighted by Crippen LogP contribution is -2.28. The van der Waals surface area contributed by atoms with Crippen molar-refractivity contribution in [1.82, 2.24) is 4.98 Å². The van der Waals surface area contributed by atoms with Crippen molar-refractivity contribution in [1.29, 1.82) is 0 Å². The van der Waals surface area contributed by atoms with Crippen molar-refractivity contribution in [2.24, 2.45) is 11.7 Å². The van der Waals surface area contributed by atoms with Crippen LogP contribution in [0.2, 0.25) is 0 Å². The third kappa shape index (κ3) is 3.93. The topological polar surface area (TPSA) is 42.1 Å². The second-order valence-electron chi connectivity index (χ2n) is 5.89. The summed E-state index contributed by atoms with van der Waals surface area (Å²) < 4.78 is 0. The molecule has 3 heteroatoms. The minimum absolute atomic E-state index is 0.239. The van der Waals surface area contributed by atoms with Gasteiger partial charge >= 0.3 is 0 Å². The zero-order valence-corrected chi connectivity index (χ0v) is 12.3. The van der Waals surface area contributed by atoms with Crippen LogP contribution in [-0.4, -0.2) is 24.6 Å². The second-order valence-corrected chi connectivity index (χ2v) is 5.89. The van der Waals surface area contributed by atoms with Gasteiger partial charge in [-0.3, -0.25) is 0 Å². The van der Waals surface area contributed by atoms with E-state index in [1.807, 2.05) is 12.3 Å². The van der Waals surface area contributed by atoms with Gasteiger partial charge in [0.2, 0.25) is 0 Å². The molecule has 1 unspecified atom stereocenters. The Morgan fingerprint density at radius 2 is 2.16 bits per heavy atom. The zero-order chi connectivity index (χ0) is 13.7. The standard InChI is InChI=1S/C16H27N3/c1-3-15(17)11-14-9-6-10-18-16(14)19(2)12-13-7-4-5-8-13/h6,9-10,13,15H,3-5,7-8,11-12,17H2,1-2H3. The molecule has 1 aromatic rings. The van der Waals surface area contributed by atoms with Gasteiger partial charge in [0.15, 0.2) is 0 Å². The van der Waals surface area contributed by atoms with Crippen LogP contribution in [0.1, 0.15) is 44.6 Å². The summed E-state index contributed by atoms with van der Waals surface area (Å²) in [6, 6.07) is 4.43. The Balaban J connectivity index is 2.04. The number of aromatic nitrogens is 1. The number of nitrogens with two attached hydrogens (primary N) is 1. The molecule has 2 N–H and O–H groups in total. The van der Waals surface area contributed by atoms with E-state index in [0.29, 0.717) is 0 Å². The average molecular weight is 261 g/mol. The third-order valence-electron chi connectivity index (χ3n) is 4.24. The molecule has 1 saturated carbocycles. The molecule has 1 aliphatic carbocycles. The van der Waals surface area contributed by atoms with Crippen LogP contribution in [0.4, 0.5) is 5.82 Å². The molecule has 1 fully saturated rings. The first-order valence-electron chi connectivity index (χ1n) is 7.61. The van der Waals surface area contributed by atoms with Gasteiger partial charge in [-0.15, -0.1) is 0 Å². The van der Waals surface area contributed by atoms with Crippen LogP contribution in [0, 0.1) is 5.92 Å². The third-order valence-corrected chi connectivity index (χ3v) is 4.24. The molecule has 0 spiro atoms. The molecule has 0 aromatic carbocycles. The van der Waals surface area contributed by atoms with Crippen LogP contribution < -0.4 is 10.6 Å². The molecule has 0 bridgehead atoms. The Kier molecular flexibility index (Phi) is 5.20. The van der Waals surface area contributed by atoms with E-state index in [1.54, 1.807) is 0 Å². The van der Waals surface area contributed by atoms with Crippen LogP contribution >= 0.6 is 0 Å². The molecule has 0 amide bonds. The predicted molar refractivity (Wildman–Crippen MR) is 81.4 cm³/mol. The Hall–Kier alpha value is -1.09. The number of pyridine rings is 1. The van der Waals surface area contributed by atoms with Crippen molar-refractivity contribution < 1.29 is 0 Å². The lowest BCUT2D eigenvalue weighted by molar-refractivity contribution is 0.543. The second kappa shape index (κ2) is 6.90. The van der Waals surface area contributed by atoms with Gasteiger partial charge in [0.1, 0.15) is 5.82 Å². The van der Waals surface area contributed by atoms with Gasteiger partial charge in [-0.05, 0) is 43.2 Å². The molecule has 2 rings (SSSR count). The van der Waals surface area contributed by atoms with Crippen LogP contribution in [0.25, 0.3) is 0 Å². The summed E-state index contributed by atoms with van der Waals surface area (Å²) in [5.41, 5.74) is 7.38. The SMILES string of the molecule is CCC(N)Cc1cccnc1N(C)CC1CCCC1. The molecule has 106 valence electrons. The minimum Gasteiger partial charge on any atom is -0.359 e. The monoisotopic (exact) mass is 261 g/mol. The van der Waals surface area contributed by atoms with Gasteiger partial charge in [-0.2, -0.15) is 0 Å². The molecule has 0 radical (unpaired) electrons. The van der Waals surface area contributed by atoms with Crippen LogP contribution in [0.3, 0.4) is 0 Å². The van der Waals surface area contributed by atoms with Crippen molar-refractivity contribution in [2.45, 2.75) is 51.5 Å². The summed E-state index contributed by atoms with van der Waals surface area (Å²) in [7, 11) is 2.17. The Bertz CT molecular complexity index is 385. The molecule has 1 heterocycles. The first kappa shape index (κ1) is 14.3. The zero-order valence-electron chi connectivity index (χ0n) is 12.3. The summed E-state index contributed by atoms with van der Waals surface area (Å²) in [6.07, 6.45) is 9.38. The highest BCUT2D eigenvalue weighted by Crippen LogP contribution is 2.27. The molecule has 0 aliphatic heterocycles. The van der Waals surface area contributed by atoms with Crippen LogP contribution in [-0.2, 0) is 6.42 Å². The van der Waals surface area contributed by atoms with E-state index >= 15 is 0 Å².